The number of rotatable bonds is 7. The van der Waals surface area contributed by atoms with Crippen LogP contribution in [0.3, 0.4) is 0 Å². The van der Waals surface area contributed by atoms with Gasteiger partial charge in [0, 0.05) is 18.5 Å². The Labute approximate surface area is 90.4 Å². The maximum absolute atomic E-state index is 11.3. The van der Waals surface area contributed by atoms with Crippen molar-refractivity contribution in [2.75, 3.05) is 6.54 Å². The van der Waals surface area contributed by atoms with Crippen molar-refractivity contribution in [2.24, 2.45) is 0 Å². The molecule has 0 unspecified atom stereocenters. The number of nitrogens with one attached hydrogen (secondary N) is 1. The van der Waals surface area contributed by atoms with Gasteiger partial charge in [0.05, 0.1) is 0 Å². The summed E-state index contributed by atoms with van der Waals surface area (Å²) in [5.74, 6) is -0.851. The number of hydrogen-bond donors (Lipinski definition) is 2. The molecule has 0 spiro atoms. The third kappa shape index (κ3) is 7.73. The molecule has 1 amide bonds. The van der Waals surface area contributed by atoms with Crippen molar-refractivity contribution in [3.05, 3.63) is 11.6 Å². The van der Waals surface area contributed by atoms with Crippen molar-refractivity contribution in [2.45, 2.75) is 39.5 Å². The van der Waals surface area contributed by atoms with Gasteiger partial charge < -0.3 is 10.4 Å². The standard InChI is InChI=1S/C11H19NO3/c1-3-6-9(2)11(15)12-8-5-4-7-10(13)14/h6H,3-5,7-8H2,1-2H3,(H,12,15)(H,13,14). The number of carbonyl (C=O) groups excluding carboxylic acids is 1. The fraction of sp³-hybridized carbons (Fsp3) is 0.636. The average Bonchev–Trinajstić information content (AvgIpc) is 2.16. The second-order valence-corrected chi connectivity index (χ2v) is 3.40. The van der Waals surface area contributed by atoms with Gasteiger partial charge in [-0.3, -0.25) is 9.59 Å². The van der Waals surface area contributed by atoms with E-state index >= 15 is 0 Å². The molecule has 4 nitrogen and oxygen atoms in total. The van der Waals surface area contributed by atoms with Gasteiger partial charge in [-0.05, 0) is 26.2 Å². The molecule has 15 heavy (non-hydrogen) atoms. The van der Waals surface area contributed by atoms with Crippen molar-refractivity contribution in [3.8, 4) is 0 Å². The Balaban J connectivity index is 3.55. The molecule has 0 radical (unpaired) electrons. The Morgan fingerprint density at radius 1 is 1.33 bits per heavy atom. The van der Waals surface area contributed by atoms with Crippen molar-refractivity contribution >= 4 is 11.9 Å². The Bertz CT molecular complexity index is 246. The minimum absolute atomic E-state index is 0.0628. The lowest BCUT2D eigenvalue weighted by Crippen LogP contribution is -2.25. The van der Waals surface area contributed by atoms with Crippen LogP contribution in [0.1, 0.15) is 39.5 Å². The normalized spacial score (nSPS) is 11.2. The molecule has 4 heteroatoms. The number of carbonyl (C=O) groups is 2. The minimum Gasteiger partial charge on any atom is -0.481 e. The van der Waals surface area contributed by atoms with Crippen LogP contribution < -0.4 is 5.32 Å². The third-order valence-electron chi connectivity index (χ3n) is 1.97. The zero-order valence-electron chi connectivity index (χ0n) is 9.38. The van der Waals surface area contributed by atoms with Gasteiger partial charge in [-0.2, -0.15) is 0 Å². The summed E-state index contributed by atoms with van der Waals surface area (Å²) in [6.07, 6.45) is 4.19. The lowest BCUT2D eigenvalue weighted by atomic mass is 10.2. The lowest BCUT2D eigenvalue weighted by Gasteiger charge is -2.04. The average molecular weight is 213 g/mol. The van der Waals surface area contributed by atoms with E-state index in [0.29, 0.717) is 19.4 Å². The topological polar surface area (TPSA) is 66.4 Å². The number of unbranched alkanes of at least 4 members (excludes halogenated alkanes) is 1. The van der Waals surface area contributed by atoms with E-state index in [0.717, 1.165) is 12.0 Å². The predicted octanol–water partition coefficient (Wildman–Crippen LogP) is 1.71. The quantitative estimate of drug-likeness (QED) is 0.500. The lowest BCUT2D eigenvalue weighted by molar-refractivity contribution is -0.137. The number of allylic oxidation sites excluding steroid dienone is 1. The highest BCUT2D eigenvalue weighted by Crippen LogP contribution is 1.97. The molecule has 0 aromatic rings. The van der Waals surface area contributed by atoms with Crippen LogP contribution in [0.25, 0.3) is 0 Å². The highest BCUT2D eigenvalue weighted by Gasteiger charge is 2.02. The van der Waals surface area contributed by atoms with E-state index in [1.54, 1.807) is 6.92 Å². The number of carboxylic acid groups (broad SMARTS) is 1. The van der Waals surface area contributed by atoms with Gasteiger partial charge in [-0.15, -0.1) is 0 Å². The van der Waals surface area contributed by atoms with Crippen LogP contribution >= 0.6 is 0 Å². The maximum Gasteiger partial charge on any atom is 0.303 e. The number of amides is 1. The van der Waals surface area contributed by atoms with Crippen LogP contribution in [-0.4, -0.2) is 23.5 Å². The van der Waals surface area contributed by atoms with Gasteiger partial charge in [-0.1, -0.05) is 13.0 Å². The molecular weight excluding hydrogens is 194 g/mol. The molecule has 0 saturated carbocycles. The second-order valence-electron chi connectivity index (χ2n) is 3.40. The summed E-state index contributed by atoms with van der Waals surface area (Å²) in [4.78, 5) is 21.5. The molecule has 86 valence electrons. The SMILES string of the molecule is CCC=C(C)C(=O)NCCCCC(=O)O. The van der Waals surface area contributed by atoms with Gasteiger partial charge in [0.15, 0.2) is 0 Å². The molecule has 0 atom stereocenters. The first-order valence-corrected chi connectivity index (χ1v) is 5.24. The second kappa shape index (κ2) is 8.03. The van der Waals surface area contributed by atoms with Gasteiger partial charge in [-0.25, -0.2) is 0 Å². The molecule has 0 fully saturated rings. The van der Waals surface area contributed by atoms with E-state index in [-0.39, 0.29) is 12.3 Å². The molecular formula is C11H19NO3. The van der Waals surface area contributed by atoms with Crippen LogP contribution in [0.2, 0.25) is 0 Å². The third-order valence-corrected chi connectivity index (χ3v) is 1.97. The van der Waals surface area contributed by atoms with Crippen molar-refractivity contribution in [1.29, 1.82) is 0 Å². The highest BCUT2D eigenvalue weighted by molar-refractivity contribution is 5.92. The van der Waals surface area contributed by atoms with Gasteiger partial charge in [0.2, 0.25) is 5.91 Å². The first-order chi connectivity index (χ1) is 7.07. The molecule has 2 N–H and O–H groups in total. The predicted molar refractivity (Wildman–Crippen MR) is 58.5 cm³/mol. The van der Waals surface area contributed by atoms with Crippen LogP contribution in [0, 0.1) is 0 Å². The monoisotopic (exact) mass is 213 g/mol. The smallest absolute Gasteiger partial charge is 0.303 e. The maximum atomic E-state index is 11.3. The number of hydrogen-bond acceptors (Lipinski definition) is 2. The Kier molecular flexibility index (Phi) is 7.32. The number of aliphatic carboxylic acids is 1. The number of carboxylic acids is 1. The summed E-state index contributed by atoms with van der Waals surface area (Å²) in [6.45, 7) is 4.29. The molecule has 0 aromatic carbocycles. The van der Waals surface area contributed by atoms with Gasteiger partial charge >= 0.3 is 5.97 Å². The summed E-state index contributed by atoms with van der Waals surface area (Å²) in [7, 11) is 0. The van der Waals surface area contributed by atoms with Crippen molar-refractivity contribution in [3.63, 3.8) is 0 Å². The zero-order valence-corrected chi connectivity index (χ0v) is 9.38. The highest BCUT2D eigenvalue weighted by atomic mass is 16.4. The van der Waals surface area contributed by atoms with Gasteiger partial charge in [0.1, 0.15) is 0 Å². The first kappa shape index (κ1) is 13.7. The van der Waals surface area contributed by atoms with Crippen molar-refractivity contribution < 1.29 is 14.7 Å². The molecule has 0 aromatic heterocycles. The molecule has 0 aliphatic heterocycles. The Morgan fingerprint density at radius 2 is 2.00 bits per heavy atom. The summed E-state index contributed by atoms with van der Waals surface area (Å²) in [6, 6.07) is 0. The van der Waals surface area contributed by atoms with Crippen molar-refractivity contribution in [1.82, 2.24) is 5.32 Å². The molecule has 0 bridgehead atoms. The summed E-state index contributed by atoms with van der Waals surface area (Å²) in [5.41, 5.74) is 0.718. The van der Waals surface area contributed by atoms with E-state index < -0.39 is 5.97 Å². The van der Waals surface area contributed by atoms with E-state index in [1.165, 1.54) is 0 Å². The van der Waals surface area contributed by atoms with Crippen LogP contribution in [0.5, 0.6) is 0 Å². The minimum atomic E-state index is -0.789. The Morgan fingerprint density at radius 3 is 2.53 bits per heavy atom. The molecule has 0 aliphatic rings. The molecule has 0 rings (SSSR count). The van der Waals surface area contributed by atoms with E-state index in [2.05, 4.69) is 5.32 Å². The molecule has 0 aliphatic carbocycles. The van der Waals surface area contributed by atoms with E-state index in [9.17, 15) is 9.59 Å². The molecule has 0 heterocycles. The van der Waals surface area contributed by atoms with Crippen LogP contribution in [-0.2, 0) is 9.59 Å². The summed E-state index contributed by atoms with van der Waals surface area (Å²) >= 11 is 0. The Hall–Kier alpha value is -1.32. The van der Waals surface area contributed by atoms with Gasteiger partial charge in [0.25, 0.3) is 0 Å². The fourth-order valence-corrected chi connectivity index (χ4v) is 1.14. The van der Waals surface area contributed by atoms with Crippen LogP contribution in [0.15, 0.2) is 11.6 Å². The van der Waals surface area contributed by atoms with E-state index in [4.69, 9.17) is 5.11 Å². The summed E-state index contributed by atoms with van der Waals surface area (Å²) in [5, 5.41) is 11.1. The summed E-state index contributed by atoms with van der Waals surface area (Å²) < 4.78 is 0. The first-order valence-electron chi connectivity index (χ1n) is 5.24. The van der Waals surface area contributed by atoms with E-state index in [1.807, 2.05) is 13.0 Å². The van der Waals surface area contributed by atoms with Crippen LogP contribution in [0.4, 0.5) is 0 Å². The fourth-order valence-electron chi connectivity index (χ4n) is 1.14. The largest absolute Gasteiger partial charge is 0.481 e. The zero-order chi connectivity index (χ0) is 11.7. The molecule has 0 saturated heterocycles.